The summed E-state index contributed by atoms with van der Waals surface area (Å²) in [5, 5.41) is 3.36. The Kier molecular flexibility index (Phi) is 5.88. The van der Waals surface area contributed by atoms with E-state index in [4.69, 9.17) is 4.74 Å². The molecule has 1 aromatic heterocycles. The largest absolute Gasteiger partial charge is 0.481 e. The molecule has 26 heavy (non-hydrogen) atoms. The maximum atomic E-state index is 13.1. The lowest BCUT2D eigenvalue weighted by atomic mass is 10.2. The first kappa shape index (κ1) is 18.0. The second-order valence-electron chi connectivity index (χ2n) is 6.02. The second-order valence-corrected chi connectivity index (χ2v) is 6.02. The van der Waals surface area contributed by atoms with E-state index < -0.39 is 0 Å². The van der Waals surface area contributed by atoms with Crippen molar-refractivity contribution >= 4 is 11.6 Å². The zero-order valence-electron chi connectivity index (χ0n) is 15.2. The molecule has 1 aromatic carbocycles. The summed E-state index contributed by atoms with van der Waals surface area (Å²) in [6.45, 7) is 4.01. The number of rotatable bonds is 4. The van der Waals surface area contributed by atoms with Gasteiger partial charge < -0.3 is 19.9 Å². The van der Waals surface area contributed by atoms with Crippen molar-refractivity contribution < 1.29 is 9.13 Å². The van der Waals surface area contributed by atoms with E-state index in [0.717, 1.165) is 43.5 Å². The minimum atomic E-state index is -0.205. The molecule has 2 aromatic rings. The Morgan fingerprint density at radius 2 is 1.88 bits per heavy atom. The quantitative estimate of drug-likeness (QED) is 0.671. The smallest absolute Gasteiger partial charge is 0.213 e. The maximum absolute atomic E-state index is 13.1. The standard InChI is InChI=1S/C19H24FN5O/c1-21-19(22-14-16-4-3-5-18(23-16)26-2)25-12-10-24(11-13-25)17-8-6-15(20)7-9-17/h3-9H,10-14H2,1-2H3,(H,21,22). The van der Waals surface area contributed by atoms with Crippen molar-refractivity contribution in [3.63, 3.8) is 0 Å². The van der Waals surface area contributed by atoms with Gasteiger partial charge in [-0.25, -0.2) is 9.37 Å². The number of pyridine rings is 1. The van der Waals surface area contributed by atoms with Crippen molar-refractivity contribution in [2.45, 2.75) is 6.54 Å². The molecule has 0 atom stereocenters. The van der Waals surface area contributed by atoms with Crippen LogP contribution in [0.15, 0.2) is 47.5 Å². The Hall–Kier alpha value is -2.83. The highest BCUT2D eigenvalue weighted by molar-refractivity contribution is 5.80. The van der Waals surface area contributed by atoms with Crippen molar-refractivity contribution in [3.8, 4) is 5.88 Å². The monoisotopic (exact) mass is 357 g/mol. The van der Waals surface area contributed by atoms with Gasteiger partial charge in [-0.1, -0.05) is 6.07 Å². The molecular weight excluding hydrogens is 333 g/mol. The summed E-state index contributed by atoms with van der Waals surface area (Å²) in [7, 11) is 3.40. The van der Waals surface area contributed by atoms with Crippen LogP contribution in [0.3, 0.4) is 0 Å². The lowest BCUT2D eigenvalue weighted by Crippen LogP contribution is -2.52. The number of methoxy groups -OCH3 is 1. The van der Waals surface area contributed by atoms with Crippen molar-refractivity contribution in [1.29, 1.82) is 0 Å². The Balaban J connectivity index is 1.54. The number of aliphatic imine (C=N–C) groups is 1. The van der Waals surface area contributed by atoms with Gasteiger partial charge in [-0.05, 0) is 30.3 Å². The molecule has 1 aliphatic heterocycles. The molecule has 6 nitrogen and oxygen atoms in total. The van der Waals surface area contributed by atoms with E-state index in [0.29, 0.717) is 12.4 Å². The van der Waals surface area contributed by atoms with Gasteiger partial charge in [-0.15, -0.1) is 0 Å². The van der Waals surface area contributed by atoms with E-state index in [1.54, 1.807) is 14.2 Å². The van der Waals surface area contributed by atoms with E-state index >= 15 is 0 Å². The van der Waals surface area contributed by atoms with Gasteiger partial charge in [0.05, 0.1) is 19.3 Å². The fourth-order valence-corrected chi connectivity index (χ4v) is 3.00. The van der Waals surface area contributed by atoms with E-state index in [9.17, 15) is 4.39 Å². The lowest BCUT2D eigenvalue weighted by molar-refractivity contribution is 0.371. The first-order valence-corrected chi connectivity index (χ1v) is 8.65. The fraction of sp³-hybridized carbons (Fsp3) is 0.368. The zero-order valence-corrected chi connectivity index (χ0v) is 15.2. The van der Waals surface area contributed by atoms with Crippen molar-refractivity contribution in [2.75, 3.05) is 45.2 Å². The van der Waals surface area contributed by atoms with Gasteiger partial charge in [-0.2, -0.15) is 0 Å². The first-order chi connectivity index (χ1) is 12.7. The van der Waals surface area contributed by atoms with Crippen LogP contribution in [0.25, 0.3) is 0 Å². The molecule has 2 heterocycles. The molecule has 0 aliphatic carbocycles. The molecule has 0 amide bonds. The molecule has 0 spiro atoms. The third-order valence-corrected chi connectivity index (χ3v) is 4.40. The number of anilines is 1. The highest BCUT2D eigenvalue weighted by atomic mass is 19.1. The van der Waals surface area contributed by atoms with Gasteiger partial charge in [0, 0.05) is 45.0 Å². The van der Waals surface area contributed by atoms with Crippen molar-refractivity contribution in [2.24, 2.45) is 4.99 Å². The summed E-state index contributed by atoms with van der Waals surface area (Å²) in [5.74, 6) is 1.25. The minimum absolute atomic E-state index is 0.205. The van der Waals surface area contributed by atoms with Gasteiger partial charge in [-0.3, -0.25) is 4.99 Å². The van der Waals surface area contributed by atoms with Crippen LogP contribution in [0.2, 0.25) is 0 Å². The maximum Gasteiger partial charge on any atom is 0.213 e. The SMILES string of the molecule is CN=C(NCc1cccc(OC)n1)N1CCN(c2ccc(F)cc2)CC1. The number of hydrogen-bond donors (Lipinski definition) is 1. The minimum Gasteiger partial charge on any atom is -0.481 e. The van der Waals surface area contributed by atoms with Gasteiger partial charge >= 0.3 is 0 Å². The Bertz CT molecular complexity index is 742. The Labute approximate surface area is 153 Å². The summed E-state index contributed by atoms with van der Waals surface area (Å²) in [6, 6.07) is 12.4. The predicted molar refractivity (Wildman–Crippen MR) is 101 cm³/mol. The number of nitrogens with one attached hydrogen (secondary N) is 1. The summed E-state index contributed by atoms with van der Waals surface area (Å²) in [4.78, 5) is 13.3. The van der Waals surface area contributed by atoms with Crippen LogP contribution in [0, 0.1) is 5.82 Å². The number of guanidine groups is 1. The molecule has 3 rings (SSSR count). The highest BCUT2D eigenvalue weighted by Crippen LogP contribution is 2.17. The van der Waals surface area contributed by atoms with Crippen molar-refractivity contribution in [1.82, 2.24) is 15.2 Å². The fourth-order valence-electron chi connectivity index (χ4n) is 3.00. The highest BCUT2D eigenvalue weighted by Gasteiger charge is 2.19. The predicted octanol–water partition coefficient (Wildman–Crippen LogP) is 2.13. The zero-order chi connectivity index (χ0) is 18.4. The summed E-state index contributed by atoms with van der Waals surface area (Å²) < 4.78 is 18.2. The molecule has 1 aliphatic rings. The molecular formula is C19H24FN5O. The molecule has 138 valence electrons. The molecule has 0 unspecified atom stereocenters. The molecule has 0 saturated carbocycles. The number of aromatic nitrogens is 1. The molecule has 1 fully saturated rings. The van der Waals surface area contributed by atoms with E-state index in [1.807, 2.05) is 30.3 Å². The molecule has 0 bridgehead atoms. The molecule has 1 N–H and O–H groups in total. The first-order valence-electron chi connectivity index (χ1n) is 8.65. The van der Waals surface area contributed by atoms with Crippen LogP contribution in [0.4, 0.5) is 10.1 Å². The lowest BCUT2D eigenvalue weighted by Gasteiger charge is -2.37. The van der Waals surface area contributed by atoms with Gasteiger partial charge in [0.15, 0.2) is 5.96 Å². The molecule has 0 radical (unpaired) electrons. The normalized spacial score (nSPS) is 15.1. The molecule has 7 heteroatoms. The van der Waals surface area contributed by atoms with Gasteiger partial charge in [0.2, 0.25) is 5.88 Å². The van der Waals surface area contributed by atoms with Crippen LogP contribution in [0.5, 0.6) is 5.88 Å². The summed E-state index contributed by atoms with van der Waals surface area (Å²) >= 11 is 0. The van der Waals surface area contributed by atoms with Crippen molar-refractivity contribution in [3.05, 3.63) is 54.0 Å². The average molecular weight is 357 g/mol. The second kappa shape index (κ2) is 8.51. The third kappa shape index (κ3) is 4.41. The number of halogens is 1. The van der Waals surface area contributed by atoms with E-state index in [1.165, 1.54) is 12.1 Å². The summed E-state index contributed by atoms with van der Waals surface area (Å²) in [5.41, 5.74) is 1.95. The number of hydrogen-bond acceptors (Lipinski definition) is 4. The number of benzene rings is 1. The third-order valence-electron chi connectivity index (χ3n) is 4.40. The number of piperazine rings is 1. The average Bonchev–Trinajstić information content (AvgIpc) is 2.70. The Morgan fingerprint density at radius 1 is 1.15 bits per heavy atom. The topological polar surface area (TPSA) is 53.0 Å². The van der Waals surface area contributed by atoms with E-state index in [2.05, 4.69) is 25.1 Å². The van der Waals surface area contributed by atoms with Crippen LogP contribution in [-0.4, -0.2) is 56.2 Å². The Morgan fingerprint density at radius 3 is 2.54 bits per heavy atom. The van der Waals surface area contributed by atoms with E-state index in [-0.39, 0.29) is 5.82 Å². The van der Waals surface area contributed by atoms with Gasteiger partial charge in [0.1, 0.15) is 5.82 Å². The van der Waals surface area contributed by atoms with Gasteiger partial charge in [0.25, 0.3) is 0 Å². The van der Waals surface area contributed by atoms with Crippen LogP contribution >= 0.6 is 0 Å². The van der Waals surface area contributed by atoms with Crippen LogP contribution in [0.1, 0.15) is 5.69 Å². The number of ether oxygens (including phenoxy) is 1. The molecule has 1 saturated heterocycles. The van der Waals surface area contributed by atoms with Crippen LogP contribution < -0.4 is 15.0 Å². The summed E-state index contributed by atoms with van der Waals surface area (Å²) in [6.07, 6.45) is 0. The van der Waals surface area contributed by atoms with Crippen LogP contribution in [-0.2, 0) is 6.54 Å². The number of nitrogens with zero attached hydrogens (tertiary/aromatic N) is 4.